The van der Waals surface area contributed by atoms with E-state index < -0.39 is 0 Å². The van der Waals surface area contributed by atoms with E-state index in [1.807, 2.05) is 24.4 Å². The van der Waals surface area contributed by atoms with Crippen molar-refractivity contribution in [3.63, 3.8) is 0 Å². The Morgan fingerprint density at radius 2 is 2.00 bits per heavy atom. The van der Waals surface area contributed by atoms with Gasteiger partial charge < -0.3 is 9.88 Å². The SMILES string of the molecule is CCCC(CC)(CNC(=O)c1cn(CC)c2cc(Cl)ccc12)CC(C)C. The fourth-order valence-electron chi connectivity index (χ4n) is 4.18. The molecule has 1 aromatic carbocycles. The van der Waals surface area contributed by atoms with Gasteiger partial charge in [0.05, 0.1) is 11.1 Å². The molecule has 144 valence electrons. The molecule has 1 atom stereocenters. The van der Waals surface area contributed by atoms with Gasteiger partial charge in [-0.15, -0.1) is 0 Å². The van der Waals surface area contributed by atoms with Gasteiger partial charge in [0.25, 0.3) is 5.91 Å². The van der Waals surface area contributed by atoms with E-state index in [9.17, 15) is 4.79 Å². The lowest BCUT2D eigenvalue weighted by Crippen LogP contribution is -2.38. The molecule has 3 nitrogen and oxygen atoms in total. The van der Waals surface area contributed by atoms with Gasteiger partial charge >= 0.3 is 0 Å². The van der Waals surface area contributed by atoms with Gasteiger partial charge in [0, 0.05) is 29.7 Å². The highest BCUT2D eigenvalue weighted by Gasteiger charge is 2.29. The molecule has 1 heterocycles. The Labute approximate surface area is 163 Å². The lowest BCUT2D eigenvalue weighted by molar-refractivity contribution is 0.0912. The number of amides is 1. The normalized spacial score (nSPS) is 14.0. The molecule has 0 saturated carbocycles. The molecule has 1 unspecified atom stereocenters. The Morgan fingerprint density at radius 3 is 2.58 bits per heavy atom. The number of carbonyl (C=O) groups is 1. The molecule has 1 N–H and O–H groups in total. The third-order valence-corrected chi connectivity index (χ3v) is 5.66. The minimum Gasteiger partial charge on any atom is -0.351 e. The van der Waals surface area contributed by atoms with Crippen molar-refractivity contribution in [2.45, 2.75) is 66.8 Å². The molecule has 0 spiro atoms. The lowest BCUT2D eigenvalue weighted by Gasteiger charge is -2.34. The average Bonchev–Trinajstić information content (AvgIpc) is 2.97. The molecule has 0 bridgehead atoms. The average molecular weight is 377 g/mol. The maximum atomic E-state index is 13.0. The molecule has 1 amide bonds. The van der Waals surface area contributed by atoms with Gasteiger partial charge in [0.2, 0.25) is 0 Å². The highest BCUT2D eigenvalue weighted by Crippen LogP contribution is 2.35. The number of halogens is 1. The third-order valence-electron chi connectivity index (χ3n) is 5.43. The summed E-state index contributed by atoms with van der Waals surface area (Å²) < 4.78 is 2.09. The fraction of sp³-hybridized carbons (Fsp3) is 0.591. The van der Waals surface area contributed by atoms with Crippen molar-refractivity contribution in [3.8, 4) is 0 Å². The van der Waals surface area contributed by atoms with Crippen LogP contribution in [0.15, 0.2) is 24.4 Å². The van der Waals surface area contributed by atoms with Crippen LogP contribution in [-0.2, 0) is 6.54 Å². The van der Waals surface area contributed by atoms with Crippen molar-refractivity contribution in [1.29, 1.82) is 0 Å². The molecule has 2 aromatic rings. The van der Waals surface area contributed by atoms with Crippen molar-refractivity contribution in [3.05, 3.63) is 35.0 Å². The van der Waals surface area contributed by atoms with Crippen LogP contribution in [0.1, 0.15) is 70.7 Å². The lowest BCUT2D eigenvalue weighted by atomic mass is 9.74. The zero-order valence-electron chi connectivity index (χ0n) is 16.9. The second kappa shape index (κ2) is 8.94. The Bertz CT molecular complexity index is 750. The molecule has 0 aliphatic rings. The predicted octanol–water partition coefficient (Wildman–Crippen LogP) is 6.29. The Morgan fingerprint density at radius 1 is 1.27 bits per heavy atom. The fourth-order valence-corrected chi connectivity index (χ4v) is 4.34. The molecule has 0 aliphatic heterocycles. The van der Waals surface area contributed by atoms with E-state index in [1.54, 1.807) is 0 Å². The molecule has 1 aromatic heterocycles. The van der Waals surface area contributed by atoms with Crippen LogP contribution in [0, 0.1) is 11.3 Å². The maximum Gasteiger partial charge on any atom is 0.253 e. The minimum absolute atomic E-state index is 0.0159. The van der Waals surface area contributed by atoms with Gasteiger partial charge in [-0.3, -0.25) is 4.79 Å². The molecule has 2 rings (SSSR count). The minimum atomic E-state index is 0.0159. The molecule has 0 radical (unpaired) electrons. The Hall–Kier alpha value is -1.48. The summed E-state index contributed by atoms with van der Waals surface area (Å²) in [6, 6.07) is 5.74. The van der Waals surface area contributed by atoms with E-state index in [1.165, 1.54) is 0 Å². The van der Waals surface area contributed by atoms with Crippen LogP contribution < -0.4 is 5.32 Å². The number of hydrogen-bond acceptors (Lipinski definition) is 1. The van der Waals surface area contributed by atoms with Gasteiger partial charge in [0.1, 0.15) is 0 Å². The molecule has 0 aliphatic carbocycles. The Balaban J connectivity index is 2.25. The first-order valence-electron chi connectivity index (χ1n) is 9.92. The van der Waals surface area contributed by atoms with Crippen molar-refractivity contribution >= 4 is 28.4 Å². The first-order valence-corrected chi connectivity index (χ1v) is 10.3. The predicted molar refractivity (Wildman–Crippen MR) is 112 cm³/mol. The zero-order valence-corrected chi connectivity index (χ0v) is 17.6. The van der Waals surface area contributed by atoms with Crippen LogP contribution in [0.25, 0.3) is 10.9 Å². The summed E-state index contributed by atoms with van der Waals surface area (Å²) in [6.07, 6.45) is 6.47. The summed E-state index contributed by atoms with van der Waals surface area (Å²) in [7, 11) is 0. The molecule has 26 heavy (non-hydrogen) atoms. The quantitative estimate of drug-likeness (QED) is 0.548. The zero-order chi connectivity index (χ0) is 19.3. The van der Waals surface area contributed by atoms with Crippen LogP contribution in [0.5, 0.6) is 0 Å². The smallest absolute Gasteiger partial charge is 0.253 e. The van der Waals surface area contributed by atoms with Gasteiger partial charge in [-0.2, -0.15) is 0 Å². The van der Waals surface area contributed by atoms with Crippen LogP contribution in [0.4, 0.5) is 0 Å². The van der Waals surface area contributed by atoms with Gasteiger partial charge in [-0.1, -0.05) is 51.8 Å². The van der Waals surface area contributed by atoms with Crippen LogP contribution in [-0.4, -0.2) is 17.0 Å². The highest BCUT2D eigenvalue weighted by atomic mass is 35.5. The number of aryl methyl sites for hydroxylation is 1. The van der Waals surface area contributed by atoms with Crippen molar-refractivity contribution in [1.82, 2.24) is 9.88 Å². The first kappa shape index (κ1) is 20.8. The van der Waals surface area contributed by atoms with E-state index in [0.717, 1.165) is 55.2 Å². The molecular formula is C22H33ClN2O. The van der Waals surface area contributed by atoms with Crippen LogP contribution >= 0.6 is 11.6 Å². The topological polar surface area (TPSA) is 34.0 Å². The van der Waals surface area contributed by atoms with E-state index in [0.29, 0.717) is 10.9 Å². The summed E-state index contributed by atoms with van der Waals surface area (Å²) in [6.45, 7) is 12.6. The highest BCUT2D eigenvalue weighted by molar-refractivity contribution is 6.31. The second-order valence-electron chi connectivity index (χ2n) is 7.87. The molecule has 4 heteroatoms. The van der Waals surface area contributed by atoms with Crippen LogP contribution in [0.3, 0.4) is 0 Å². The molecule has 0 fully saturated rings. The van der Waals surface area contributed by atoms with Gasteiger partial charge in [0.15, 0.2) is 0 Å². The summed E-state index contributed by atoms with van der Waals surface area (Å²) in [5.74, 6) is 0.643. The maximum absolute atomic E-state index is 13.0. The summed E-state index contributed by atoms with van der Waals surface area (Å²) in [5, 5.41) is 4.90. The second-order valence-corrected chi connectivity index (χ2v) is 8.31. The molecule has 0 saturated heterocycles. The summed E-state index contributed by atoms with van der Waals surface area (Å²) in [4.78, 5) is 13.0. The van der Waals surface area contributed by atoms with Crippen molar-refractivity contribution < 1.29 is 4.79 Å². The van der Waals surface area contributed by atoms with E-state index in [2.05, 4.69) is 44.5 Å². The van der Waals surface area contributed by atoms with Gasteiger partial charge in [-0.05, 0) is 49.7 Å². The number of benzene rings is 1. The number of nitrogens with zero attached hydrogens (tertiary/aromatic N) is 1. The third kappa shape index (κ3) is 4.62. The number of fused-ring (bicyclic) bond motifs is 1. The van der Waals surface area contributed by atoms with E-state index >= 15 is 0 Å². The summed E-state index contributed by atoms with van der Waals surface area (Å²) >= 11 is 6.15. The Kier molecular flexibility index (Phi) is 7.16. The number of aromatic nitrogens is 1. The molecular weight excluding hydrogens is 344 g/mol. The van der Waals surface area contributed by atoms with Gasteiger partial charge in [-0.25, -0.2) is 0 Å². The standard InChI is InChI=1S/C22H33ClN2O/c1-6-11-22(7-2,13-16(4)5)15-24-21(26)19-14-25(8-3)20-12-17(23)9-10-18(19)20/h9-10,12,14,16H,6-8,11,13,15H2,1-5H3,(H,24,26). The first-order chi connectivity index (χ1) is 12.4. The largest absolute Gasteiger partial charge is 0.351 e. The van der Waals surface area contributed by atoms with E-state index in [-0.39, 0.29) is 11.3 Å². The van der Waals surface area contributed by atoms with Crippen LogP contribution in [0.2, 0.25) is 5.02 Å². The number of nitrogens with one attached hydrogen (secondary N) is 1. The monoisotopic (exact) mass is 376 g/mol. The van der Waals surface area contributed by atoms with Crippen molar-refractivity contribution in [2.75, 3.05) is 6.54 Å². The van der Waals surface area contributed by atoms with E-state index in [4.69, 9.17) is 11.6 Å². The van der Waals surface area contributed by atoms with Crippen molar-refractivity contribution in [2.24, 2.45) is 11.3 Å². The number of rotatable bonds is 9. The number of carbonyl (C=O) groups excluding carboxylic acids is 1. The number of hydrogen-bond donors (Lipinski definition) is 1. The summed E-state index contributed by atoms with van der Waals surface area (Å²) in [5.41, 5.74) is 1.94.